The summed E-state index contributed by atoms with van der Waals surface area (Å²) in [7, 11) is 0. The average molecular weight is 380 g/mol. The molecule has 26 heavy (non-hydrogen) atoms. The van der Waals surface area contributed by atoms with E-state index in [4.69, 9.17) is 11.6 Å². The Kier molecular flexibility index (Phi) is 7.91. The lowest BCUT2D eigenvalue weighted by molar-refractivity contribution is -0.137. The SMILES string of the molecule is CCN(CC)C(=O)C1CCN(C(C)C(=O)NCc2ccccc2Cl)CC1. The second kappa shape index (κ2) is 9.93. The molecule has 1 aromatic carbocycles. The van der Waals surface area contributed by atoms with Gasteiger partial charge >= 0.3 is 0 Å². The number of rotatable bonds is 7. The smallest absolute Gasteiger partial charge is 0.237 e. The van der Waals surface area contributed by atoms with Gasteiger partial charge < -0.3 is 10.2 Å². The zero-order valence-electron chi connectivity index (χ0n) is 16.0. The van der Waals surface area contributed by atoms with Crippen LogP contribution in [0, 0.1) is 5.92 Å². The molecule has 0 spiro atoms. The lowest BCUT2D eigenvalue weighted by Crippen LogP contribution is -2.50. The summed E-state index contributed by atoms with van der Waals surface area (Å²) in [4.78, 5) is 29.0. The van der Waals surface area contributed by atoms with E-state index in [1.165, 1.54) is 0 Å². The van der Waals surface area contributed by atoms with Gasteiger partial charge in [-0.3, -0.25) is 14.5 Å². The van der Waals surface area contributed by atoms with Gasteiger partial charge in [-0.05, 0) is 58.3 Å². The van der Waals surface area contributed by atoms with Crippen LogP contribution in [0.4, 0.5) is 0 Å². The van der Waals surface area contributed by atoms with Crippen LogP contribution in [-0.2, 0) is 16.1 Å². The number of likely N-dealkylation sites (tertiary alicyclic amines) is 1. The lowest BCUT2D eigenvalue weighted by Gasteiger charge is -2.36. The first-order valence-corrected chi connectivity index (χ1v) is 9.89. The minimum atomic E-state index is -0.206. The van der Waals surface area contributed by atoms with Gasteiger partial charge in [0.2, 0.25) is 11.8 Å². The second-order valence-electron chi connectivity index (χ2n) is 6.81. The minimum absolute atomic E-state index is 0.00145. The Morgan fingerprint density at radius 3 is 2.42 bits per heavy atom. The van der Waals surface area contributed by atoms with Gasteiger partial charge in [-0.2, -0.15) is 0 Å². The van der Waals surface area contributed by atoms with Crippen molar-refractivity contribution < 1.29 is 9.59 Å². The zero-order valence-corrected chi connectivity index (χ0v) is 16.8. The molecule has 2 rings (SSSR count). The highest BCUT2D eigenvalue weighted by atomic mass is 35.5. The maximum Gasteiger partial charge on any atom is 0.237 e. The third-order valence-corrected chi connectivity index (χ3v) is 5.66. The highest BCUT2D eigenvalue weighted by Crippen LogP contribution is 2.21. The molecule has 6 heteroatoms. The van der Waals surface area contributed by atoms with Gasteiger partial charge in [0.05, 0.1) is 6.04 Å². The number of amides is 2. The van der Waals surface area contributed by atoms with Crippen LogP contribution in [0.2, 0.25) is 5.02 Å². The Bertz CT molecular complexity index is 611. The summed E-state index contributed by atoms with van der Waals surface area (Å²) < 4.78 is 0. The summed E-state index contributed by atoms with van der Waals surface area (Å²) in [6, 6.07) is 7.32. The standard InChI is InChI=1S/C20H30ClN3O2/c1-4-23(5-2)20(26)16-10-12-24(13-11-16)15(3)19(25)22-14-17-8-6-7-9-18(17)21/h6-9,15-16H,4-5,10-14H2,1-3H3,(H,22,25). The van der Waals surface area contributed by atoms with Crippen LogP contribution in [0.15, 0.2) is 24.3 Å². The highest BCUT2D eigenvalue weighted by Gasteiger charge is 2.31. The van der Waals surface area contributed by atoms with E-state index in [1.54, 1.807) is 0 Å². The largest absolute Gasteiger partial charge is 0.351 e. The Labute approximate surface area is 161 Å². The van der Waals surface area contributed by atoms with Gasteiger partial charge in [0.1, 0.15) is 0 Å². The van der Waals surface area contributed by atoms with Gasteiger partial charge in [0.25, 0.3) is 0 Å². The van der Waals surface area contributed by atoms with E-state index in [0.717, 1.165) is 44.6 Å². The number of halogens is 1. The summed E-state index contributed by atoms with van der Waals surface area (Å²) in [6.07, 6.45) is 1.63. The predicted molar refractivity (Wildman–Crippen MR) is 105 cm³/mol. The third kappa shape index (κ3) is 5.21. The van der Waals surface area contributed by atoms with Gasteiger partial charge in [-0.25, -0.2) is 0 Å². The molecule has 1 aliphatic heterocycles. The molecule has 1 aromatic rings. The first-order chi connectivity index (χ1) is 12.5. The molecule has 5 nitrogen and oxygen atoms in total. The molecule has 1 unspecified atom stereocenters. The van der Waals surface area contributed by atoms with Crippen LogP contribution in [-0.4, -0.2) is 53.8 Å². The van der Waals surface area contributed by atoms with E-state index in [1.807, 2.05) is 49.9 Å². The summed E-state index contributed by atoms with van der Waals surface area (Å²) in [5.41, 5.74) is 0.915. The van der Waals surface area contributed by atoms with E-state index in [2.05, 4.69) is 10.2 Å². The summed E-state index contributed by atoms with van der Waals surface area (Å²) in [6.45, 7) is 9.46. The Balaban J connectivity index is 1.82. The number of nitrogens with zero attached hydrogens (tertiary/aromatic N) is 2. The van der Waals surface area contributed by atoms with Gasteiger partial charge in [-0.15, -0.1) is 0 Å². The minimum Gasteiger partial charge on any atom is -0.351 e. The Morgan fingerprint density at radius 2 is 1.85 bits per heavy atom. The van der Waals surface area contributed by atoms with E-state index < -0.39 is 0 Å². The maximum absolute atomic E-state index is 12.5. The molecular weight excluding hydrogens is 350 g/mol. The fourth-order valence-corrected chi connectivity index (χ4v) is 3.67. The number of carbonyl (C=O) groups is 2. The van der Waals surface area contributed by atoms with Crippen molar-refractivity contribution in [2.45, 2.75) is 46.2 Å². The van der Waals surface area contributed by atoms with Crippen LogP contribution >= 0.6 is 11.6 Å². The lowest BCUT2D eigenvalue weighted by atomic mass is 9.94. The van der Waals surface area contributed by atoms with E-state index in [0.29, 0.717) is 11.6 Å². The van der Waals surface area contributed by atoms with E-state index in [9.17, 15) is 9.59 Å². The van der Waals surface area contributed by atoms with Crippen molar-refractivity contribution in [1.29, 1.82) is 0 Å². The van der Waals surface area contributed by atoms with Crippen LogP contribution in [0.3, 0.4) is 0 Å². The van der Waals surface area contributed by atoms with Crippen molar-refractivity contribution in [2.24, 2.45) is 5.92 Å². The van der Waals surface area contributed by atoms with Crippen molar-refractivity contribution in [3.8, 4) is 0 Å². The van der Waals surface area contributed by atoms with Crippen LogP contribution < -0.4 is 5.32 Å². The normalized spacial score (nSPS) is 16.9. The molecule has 1 aliphatic rings. The Morgan fingerprint density at radius 1 is 1.23 bits per heavy atom. The van der Waals surface area contributed by atoms with Crippen LogP contribution in [0.1, 0.15) is 39.2 Å². The molecule has 1 heterocycles. The molecular formula is C20H30ClN3O2. The summed E-state index contributed by atoms with van der Waals surface area (Å²) in [5.74, 6) is 0.341. The molecule has 1 saturated heterocycles. The number of piperidine rings is 1. The third-order valence-electron chi connectivity index (χ3n) is 5.29. The monoisotopic (exact) mass is 379 g/mol. The second-order valence-corrected chi connectivity index (χ2v) is 7.21. The molecule has 0 aromatic heterocycles. The van der Waals surface area contributed by atoms with Gasteiger partial charge in [-0.1, -0.05) is 29.8 Å². The summed E-state index contributed by atoms with van der Waals surface area (Å²) >= 11 is 6.13. The Hall–Kier alpha value is -1.59. The molecule has 0 saturated carbocycles. The first-order valence-electron chi connectivity index (χ1n) is 9.51. The summed E-state index contributed by atoms with van der Waals surface area (Å²) in [5, 5.41) is 3.63. The predicted octanol–water partition coefficient (Wildman–Crippen LogP) is 2.93. The first kappa shape index (κ1) is 20.7. The number of nitrogens with one attached hydrogen (secondary N) is 1. The van der Waals surface area contributed by atoms with Gasteiger partial charge in [0.15, 0.2) is 0 Å². The fourth-order valence-electron chi connectivity index (χ4n) is 3.46. The molecule has 0 aliphatic carbocycles. The zero-order chi connectivity index (χ0) is 19.1. The highest BCUT2D eigenvalue weighted by molar-refractivity contribution is 6.31. The maximum atomic E-state index is 12.5. The molecule has 0 bridgehead atoms. The molecule has 0 radical (unpaired) electrons. The molecule has 144 valence electrons. The van der Waals surface area contributed by atoms with E-state index >= 15 is 0 Å². The number of hydrogen-bond acceptors (Lipinski definition) is 3. The van der Waals surface area contributed by atoms with Crippen molar-refractivity contribution in [3.05, 3.63) is 34.9 Å². The number of hydrogen-bond donors (Lipinski definition) is 1. The average Bonchev–Trinajstić information content (AvgIpc) is 2.67. The van der Waals surface area contributed by atoms with Crippen LogP contribution in [0.5, 0.6) is 0 Å². The molecule has 2 amide bonds. The van der Waals surface area contributed by atoms with Crippen molar-refractivity contribution in [2.75, 3.05) is 26.2 Å². The molecule has 1 fully saturated rings. The number of carbonyl (C=O) groups excluding carboxylic acids is 2. The van der Waals surface area contributed by atoms with Crippen LogP contribution in [0.25, 0.3) is 0 Å². The van der Waals surface area contributed by atoms with Gasteiger partial charge in [0, 0.05) is 30.6 Å². The fraction of sp³-hybridized carbons (Fsp3) is 0.600. The van der Waals surface area contributed by atoms with Crippen molar-refractivity contribution >= 4 is 23.4 Å². The topological polar surface area (TPSA) is 52.7 Å². The number of benzene rings is 1. The molecule has 1 N–H and O–H groups in total. The van der Waals surface area contributed by atoms with E-state index in [-0.39, 0.29) is 23.8 Å². The molecule has 1 atom stereocenters. The van der Waals surface area contributed by atoms with Crippen molar-refractivity contribution in [3.63, 3.8) is 0 Å². The quantitative estimate of drug-likeness (QED) is 0.792. The van der Waals surface area contributed by atoms with Crippen molar-refractivity contribution in [1.82, 2.24) is 15.1 Å².